The quantitative estimate of drug-likeness (QED) is 0.792. The third-order valence-electron chi connectivity index (χ3n) is 4.31. The van der Waals surface area contributed by atoms with E-state index in [4.69, 9.17) is 0 Å². The molecule has 2 atom stereocenters. The Morgan fingerprint density at radius 3 is 2.15 bits per heavy atom. The van der Waals surface area contributed by atoms with Crippen molar-refractivity contribution >= 4 is 28.3 Å². The molecule has 8 heteroatoms. The predicted molar refractivity (Wildman–Crippen MR) is 80.5 cm³/mol. The van der Waals surface area contributed by atoms with Crippen molar-refractivity contribution in [2.75, 3.05) is 26.9 Å². The van der Waals surface area contributed by atoms with Gasteiger partial charge in [0, 0.05) is 32.2 Å². The Bertz CT molecular complexity index is 445. The van der Waals surface area contributed by atoms with Crippen LogP contribution < -0.4 is 5.32 Å². The topological polar surface area (TPSA) is 69.7 Å². The summed E-state index contributed by atoms with van der Waals surface area (Å²) < 4.78 is 23.7. The number of carbonyl (C=O) groups is 1. The van der Waals surface area contributed by atoms with Crippen molar-refractivity contribution < 1.29 is 13.2 Å². The van der Waals surface area contributed by atoms with Crippen molar-refractivity contribution in [2.24, 2.45) is 0 Å². The van der Waals surface area contributed by atoms with Gasteiger partial charge in [-0.3, -0.25) is 4.79 Å². The van der Waals surface area contributed by atoms with Crippen LogP contribution in [0.25, 0.3) is 0 Å². The van der Waals surface area contributed by atoms with Gasteiger partial charge in [0.2, 0.25) is 15.9 Å². The maximum Gasteiger partial charge on any atom is 0.237 e. The van der Waals surface area contributed by atoms with Crippen molar-refractivity contribution in [3.8, 4) is 0 Å². The van der Waals surface area contributed by atoms with Gasteiger partial charge in [0.05, 0.1) is 12.8 Å². The van der Waals surface area contributed by atoms with Crippen molar-refractivity contribution in [1.29, 1.82) is 0 Å². The molecule has 0 spiro atoms. The number of likely N-dealkylation sites (N-methyl/N-ethyl adjacent to an activating group) is 2. The number of nitrogens with one attached hydrogen (secondary N) is 1. The fraction of sp³-hybridized carbons (Fsp3) is 0.917. The fourth-order valence-electron chi connectivity index (χ4n) is 2.97. The Balaban J connectivity index is 0.00000200. The monoisotopic (exact) mass is 325 g/mol. The van der Waals surface area contributed by atoms with Crippen LogP contribution in [0.1, 0.15) is 25.7 Å². The molecule has 20 heavy (non-hydrogen) atoms. The van der Waals surface area contributed by atoms with Crippen LogP contribution in [-0.4, -0.2) is 68.6 Å². The molecule has 2 heterocycles. The average molecular weight is 326 g/mol. The number of amides is 1. The second-order valence-electron chi connectivity index (χ2n) is 5.79. The highest BCUT2D eigenvalue weighted by molar-refractivity contribution is 7.88. The molecule has 0 aromatic heterocycles. The van der Waals surface area contributed by atoms with E-state index in [0.29, 0.717) is 12.1 Å². The van der Waals surface area contributed by atoms with Crippen LogP contribution in [-0.2, 0) is 14.8 Å². The van der Waals surface area contributed by atoms with Crippen LogP contribution in [0.5, 0.6) is 0 Å². The van der Waals surface area contributed by atoms with Gasteiger partial charge in [-0.25, -0.2) is 8.42 Å². The Kier molecular flexibility index (Phi) is 5.83. The highest BCUT2D eigenvalue weighted by Gasteiger charge is 2.36. The minimum Gasteiger partial charge on any atom is -0.342 e. The van der Waals surface area contributed by atoms with Crippen LogP contribution in [0, 0.1) is 0 Å². The summed E-state index contributed by atoms with van der Waals surface area (Å²) in [5.74, 6) is -0.126. The highest BCUT2D eigenvalue weighted by Crippen LogP contribution is 2.29. The normalized spacial score (nSPS) is 29.1. The van der Waals surface area contributed by atoms with E-state index in [-0.39, 0.29) is 30.9 Å². The van der Waals surface area contributed by atoms with Gasteiger partial charge >= 0.3 is 0 Å². The first-order chi connectivity index (χ1) is 8.77. The minimum absolute atomic E-state index is 0. The molecule has 1 amide bonds. The summed E-state index contributed by atoms with van der Waals surface area (Å²) >= 11 is 0. The van der Waals surface area contributed by atoms with E-state index in [1.807, 2.05) is 0 Å². The Labute approximate surface area is 127 Å². The van der Waals surface area contributed by atoms with Crippen molar-refractivity contribution in [1.82, 2.24) is 14.5 Å². The number of piperidine rings is 1. The first-order valence-electron chi connectivity index (χ1n) is 6.70. The zero-order valence-electron chi connectivity index (χ0n) is 12.2. The zero-order valence-corrected chi connectivity index (χ0v) is 13.8. The number of rotatable bonds is 4. The maximum atomic E-state index is 12.1. The van der Waals surface area contributed by atoms with E-state index < -0.39 is 10.0 Å². The standard InChI is InChI=1S/C12H23N3O3S.ClH/c1-14(19(3,17)18)8-12(16)15(2)11-6-9-4-5-10(7-11)13-9;/h9-11,13H,4-8H2,1-3H3;1H. The van der Waals surface area contributed by atoms with Crippen molar-refractivity contribution in [3.63, 3.8) is 0 Å². The molecule has 0 aromatic carbocycles. The minimum atomic E-state index is -3.30. The molecule has 0 radical (unpaired) electrons. The fourth-order valence-corrected chi connectivity index (χ4v) is 3.31. The van der Waals surface area contributed by atoms with E-state index in [1.165, 1.54) is 19.9 Å². The van der Waals surface area contributed by atoms with E-state index >= 15 is 0 Å². The third-order valence-corrected chi connectivity index (χ3v) is 5.57. The van der Waals surface area contributed by atoms with Gasteiger partial charge in [0.15, 0.2) is 0 Å². The molecule has 6 nitrogen and oxygen atoms in total. The molecule has 2 bridgehead atoms. The van der Waals surface area contributed by atoms with Gasteiger partial charge in [0.1, 0.15) is 0 Å². The molecule has 2 aliphatic heterocycles. The molecule has 0 aliphatic carbocycles. The van der Waals surface area contributed by atoms with Gasteiger partial charge in [-0.05, 0) is 25.7 Å². The predicted octanol–water partition coefficient (Wildman–Crippen LogP) is 0.0410. The third kappa shape index (κ3) is 4.07. The number of fused-ring (bicyclic) bond motifs is 2. The summed E-state index contributed by atoms with van der Waals surface area (Å²) in [5.41, 5.74) is 0. The number of halogens is 1. The maximum absolute atomic E-state index is 12.1. The van der Waals surface area contributed by atoms with Gasteiger partial charge < -0.3 is 10.2 Å². The lowest BCUT2D eigenvalue weighted by Gasteiger charge is -2.36. The van der Waals surface area contributed by atoms with Gasteiger partial charge in [-0.15, -0.1) is 12.4 Å². The second kappa shape index (κ2) is 6.60. The van der Waals surface area contributed by atoms with Gasteiger partial charge in [0.25, 0.3) is 0 Å². The largest absolute Gasteiger partial charge is 0.342 e. The molecule has 2 aliphatic rings. The van der Waals surface area contributed by atoms with Crippen molar-refractivity contribution in [2.45, 2.75) is 43.8 Å². The lowest BCUT2D eigenvalue weighted by atomic mass is 9.98. The van der Waals surface area contributed by atoms with E-state index in [0.717, 1.165) is 23.4 Å². The molecule has 118 valence electrons. The van der Waals surface area contributed by atoms with Gasteiger partial charge in [-0.2, -0.15) is 4.31 Å². The lowest BCUT2D eigenvalue weighted by Crippen LogP contribution is -2.50. The molecule has 1 N–H and O–H groups in total. The second-order valence-corrected chi connectivity index (χ2v) is 7.88. The number of carbonyl (C=O) groups excluding carboxylic acids is 1. The molecule has 0 saturated carbocycles. The summed E-state index contributed by atoms with van der Waals surface area (Å²) in [6.07, 6.45) is 5.44. The molecular formula is C12H24ClN3O3S. The van der Waals surface area contributed by atoms with Crippen LogP contribution in [0.15, 0.2) is 0 Å². The number of hydrogen-bond acceptors (Lipinski definition) is 4. The van der Waals surface area contributed by atoms with Crippen LogP contribution in [0.4, 0.5) is 0 Å². The molecule has 2 saturated heterocycles. The number of hydrogen-bond donors (Lipinski definition) is 1. The van der Waals surface area contributed by atoms with Crippen LogP contribution >= 0.6 is 12.4 Å². The van der Waals surface area contributed by atoms with E-state index in [1.54, 1.807) is 11.9 Å². The highest BCUT2D eigenvalue weighted by atomic mass is 35.5. The summed E-state index contributed by atoms with van der Waals surface area (Å²) in [4.78, 5) is 13.9. The smallest absolute Gasteiger partial charge is 0.237 e. The van der Waals surface area contributed by atoms with E-state index in [9.17, 15) is 13.2 Å². The van der Waals surface area contributed by atoms with Crippen molar-refractivity contribution in [3.05, 3.63) is 0 Å². The SMILES string of the molecule is CN(C(=O)CN(C)S(C)(=O)=O)C1CC2CCC(C1)N2.Cl. The summed E-state index contributed by atoms with van der Waals surface area (Å²) in [6, 6.07) is 1.28. The number of nitrogens with zero attached hydrogens (tertiary/aromatic N) is 2. The molecular weight excluding hydrogens is 302 g/mol. The summed E-state index contributed by atoms with van der Waals surface area (Å²) in [6.45, 7) is -0.0748. The molecule has 2 fully saturated rings. The average Bonchev–Trinajstić information content (AvgIpc) is 2.65. The Hall–Kier alpha value is -0.370. The van der Waals surface area contributed by atoms with Crippen LogP contribution in [0.3, 0.4) is 0 Å². The summed E-state index contributed by atoms with van der Waals surface area (Å²) in [5, 5.41) is 3.53. The first-order valence-corrected chi connectivity index (χ1v) is 8.55. The van der Waals surface area contributed by atoms with Gasteiger partial charge in [-0.1, -0.05) is 0 Å². The number of sulfonamides is 1. The summed E-state index contributed by atoms with van der Waals surface area (Å²) in [7, 11) is -0.0746. The Morgan fingerprint density at radius 1 is 1.20 bits per heavy atom. The molecule has 2 unspecified atom stereocenters. The van der Waals surface area contributed by atoms with E-state index in [2.05, 4.69) is 5.32 Å². The molecule has 0 aromatic rings. The first kappa shape index (κ1) is 17.7. The molecule has 2 rings (SSSR count). The Morgan fingerprint density at radius 2 is 1.70 bits per heavy atom. The zero-order chi connectivity index (χ0) is 14.2. The lowest BCUT2D eigenvalue weighted by molar-refractivity contribution is -0.132. The van der Waals surface area contributed by atoms with Crippen LogP contribution in [0.2, 0.25) is 0 Å².